The summed E-state index contributed by atoms with van der Waals surface area (Å²) in [7, 11) is 0. The molecule has 146 valence electrons. The van der Waals surface area contributed by atoms with Gasteiger partial charge in [-0.15, -0.1) is 11.8 Å². The van der Waals surface area contributed by atoms with Gasteiger partial charge in [0.1, 0.15) is 0 Å². The van der Waals surface area contributed by atoms with Gasteiger partial charge in [-0.05, 0) is 35.2 Å². The van der Waals surface area contributed by atoms with Crippen LogP contribution in [0, 0.1) is 0 Å². The van der Waals surface area contributed by atoms with Gasteiger partial charge in [-0.1, -0.05) is 51.1 Å². The number of amides is 3. The molecule has 0 aromatic heterocycles. The largest absolute Gasteiger partial charge is 0.325 e. The number of rotatable bonds is 5. The van der Waals surface area contributed by atoms with E-state index in [2.05, 4.69) is 26.1 Å². The van der Waals surface area contributed by atoms with Crippen LogP contribution in [0.4, 0.5) is 11.4 Å². The average molecular weight is 397 g/mol. The first kappa shape index (κ1) is 20.1. The van der Waals surface area contributed by atoms with Crippen molar-refractivity contribution in [2.45, 2.75) is 37.9 Å². The zero-order valence-electron chi connectivity index (χ0n) is 16.3. The molecule has 3 rings (SSSR count). The van der Waals surface area contributed by atoms with Gasteiger partial charge in [0.05, 0.1) is 16.7 Å². The van der Waals surface area contributed by atoms with Gasteiger partial charge < -0.3 is 5.32 Å². The van der Waals surface area contributed by atoms with Crippen LogP contribution in [-0.4, -0.2) is 28.7 Å². The van der Waals surface area contributed by atoms with Crippen LogP contribution in [0.1, 0.15) is 32.8 Å². The van der Waals surface area contributed by atoms with Gasteiger partial charge in [0, 0.05) is 12.1 Å². The summed E-state index contributed by atoms with van der Waals surface area (Å²) in [5, 5.41) is 2.32. The van der Waals surface area contributed by atoms with E-state index >= 15 is 0 Å². The molecule has 1 saturated heterocycles. The smallest absolute Gasteiger partial charge is 0.247 e. The molecule has 6 heteroatoms. The molecule has 0 spiro atoms. The van der Waals surface area contributed by atoms with Crippen LogP contribution in [0.3, 0.4) is 0 Å². The molecule has 1 aliphatic rings. The first-order valence-corrected chi connectivity index (χ1v) is 10.2. The quantitative estimate of drug-likeness (QED) is 0.776. The summed E-state index contributed by atoms with van der Waals surface area (Å²) in [4.78, 5) is 38.3. The van der Waals surface area contributed by atoms with E-state index in [1.54, 1.807) is 24.3 Å². The minimum atomic E-state index is -0.526. The molecule has 0 bridgehead atoms. The highest BCUT2D eigenvalue weighted by Gasteiger charge is 2.39. The molecular weight excluding hydrogens is 372 g/mol. The Labute approximate surface area is 169 Å². The topological polar surface area (TPSA) is 66.5 Å². The number of carbonyl (C=O) groups is 3. The first-order valence-electron chi connectivity index (χ1n) is 9.19. The standard InChI is InChI=1S/C22H24N2O3S/c1-22(2,3)15-9-11-16(12-10-15)23-19(25)14-28-18-13-20(26)24(21(18)27)17-7-5-4-6-8-17/h4-12,18H,13-14H2,1-3H3,(H,23,25)/t18-/m1/s1. The van der Waals surface area contributed by atoms with Crippen molar-refractivity contribution < 1.29 is 14.4 Å². The fourth-order valence-corrected chi connectivity index (χ4v) is 3.94. The molecule has 28 heavy (non-hydrogen) atoms. The summed E-state index contributed by atoms with van der Waals surface area (Å²) in [6.45, 7) is 6.40. The summed E-state index contributed by atoms with van der Waals surface area (Å²) in [5.41, 5.74) is 2.54. The van der Waals surface area contributed by atoms with Gasteiger partial charge in [0.2, 0.25) is 17.7 Å². The van der Waals surface area contributed by atoms with Gasteiger partial charge in [-0.3, -0.25) is 14.4 Å². The van der Waals surface area contributed by atoms with E-state index in [1.165, 1.54) is 22.2 Å². The highest BCUT2D eigenvalue weighted by molar-refractivity contribution is 8.01. The van der Waals surface area contributed by atoms with E-state index in [1.807, 2.05) is 30.3 Å². The molecule has 1 aliphatic heterocycles. The predicted molar refractivity (Wildman–Crippen MR) is 114 cm³/mol. The number of hydrogen-bond acceptors (Lipinski definition) is 4. The van der Waals surface area contributed by atoms with Crippen molar-refractivity contribution in [2.75, 3.05) is 16.0 Å². The maximum absolute atomic E-state index is 12.6. The van der Waals surface area contributed by atoms with Crippen molar-refractivity contribution in [3.63, 3.8) is 0 Å². The first-order chi connectivity index (χ1) is 13.3. The Bertz CT molecular complexity index is 873. The van der Waals surface area contributed by atoms with Crippen molar-refractivity contribution in [1.82, 2.24) is 0 Å². The third kappa shape index (κ3) is 4.62. The molecule has 0 saturated carbocycles. The number of para-hydroxylation sites is 1. The Balaban J connectivity index is 1.55. The SMILES string of the molecule is CC(C)(C)c1ccc(NC(=O)CS[C@@H]2CC(=O)N(c3ccccc3)C2=O)cc1. The average Bonchev–Trinajstić information content (AvgIpc) is 2.94. The molecule has 1 N–H and O–H groups in total. The van der Waals surface area contributed by atoms with Crippen molar-refractivity contribution in [2.24, 2.45) is 0 Å². The summed E-state index contributed by atoms with van der Waals surface area (Å²) >= 11 is 1.20. The fraction of sp³-hybridized carbons (Fsp3) is 0.318. The molecule has 1 heterocycles. The Morgan fingerprint density at radius 3 is 2.32 bits per heavy atom. The van der Waals surface area contributed by atoms with Gasteiger partial charge in [-0.25, -0.2) is 4.90 Å². The maximum atomic E-state index is 12.6. The van der Waals surface area contributed by atoms with E-state index in [0.29, 0.717) is 5.69 Å². The van der Waals surface area contributed by atoms with Gasteiger partial charge in [0.25, 0.3) is 0 Å². The van der Waals surface area contributed by atoms with E-state index in [9.17, 15) is 14.4 Å². The van der Waals surface area contributed by atoms with E-state index in [0.717, 1.165) is 5.69 Å². The van der Waals surface area contributed by atoms with Gasteiger partial charge in [-0.2, -0.15) is 0 Å². The second-order valence-electron chi connectivity index (χ2n) is 7.78. The lowest BCUT2D eigenvalue weighted by Crippen LogP contribution is -2.31. The van der Waals surface area contributed by atoms with Crippen molar-refractivity contribution >= 4 is 40.9 Å². The minimum absolute atomic E-state index is 0.0540. The highest BCUT2D eigenvalue weighted by atomic mass is 32.2. The number of benzene rings is 2. The molecule has 1 fully saturated rings. The number of imide groups is 1. The fourth-order valence-electron chi connectivity index (χ4n) is 3.01. The molecule has 2 aromatic rings. The van der Waals surface area contributed by atoms with Crippen LogP contribution in [0.15, 0.2) is 54.6 Å². The number of hydrogen-bond donors (Lipinski definition) is 1. The molecule has 1 atom stereocenters. The van der Waals surface area contributed by atoms with E-state index < -0.39 is 5.25 Å². The zero-order valence-corrected chi connectivity index (χ0v) is 17.1. The number of nitrogens with zero attached hydrogens (tertiary/aromatic N) is 1. The second kappa shape index (κ2) is 8.19. The maximum Gasteiger partial charge on any atom is 0.247 e. The lowest BCUT2D eigenvalue weighted by molar-refractivity contribution is -0.121. The third-order valence-corrected chi connectivity index (χ3v) is 5.77. The zero-order chi connectivity index (χ0) is 20.3. The Hall–Kier alpha value is -2.60. The summed E-state index contributed by atoms with van der Waals surface area (Å²) in [6.07, 6.45) is 0.117. The van der Waals surface area contributed by atoms with Crippen LogP contribution >= 0.6 is 11.8 Å². The normalized spacial score (nSPS) is 17.1. The van der Waals surface area contributed by atoms with Crippen LogP contribution in [0.2, 0.25) is 0 Å². The number of carbonyl (C=O) groups excluding carboxylic acids is 3. The van der Waals surface area contributed by atoms with Crippen molar-refractivity contribution in [3.05, 3.63) is 60.2 Å². The minimum Gasteiger partial charge on any atom is -0.325 e. The second-order valence-corrected chi connectivity index (χ2v) is 8.97. The van der Waals surface area contributed by atoms with Crippen molar-refractivity contribution in [1.29, 1.82) is 0 Å². The molecular formula is C22H24N2O3S. The lowest BCUT2D eigenvalue weighted by Gasteiger charge is -2.19. The van der Waals surface area contributed by atoms with Crippen LogP contribution < -0.4 is 10.2 Å². The highest BCUT2D eigenvalue weighted by Crippen LogP contribution is 2.29. The van der Waals surface area contributed by atoms with Gasteiger partial charge >= 0.3 is 0 Å². The summed E-state index contributed by atoms with van der Waals surface area (Å²) in [5.74, 6) is -0.560. The lowest BCUT2D eigenvalue weighted by atomic mass is 9.87. The molecule has 0 aliphatic carbocycles. The van der Waals surface area contributed by atoms with E-state index in [-0.39, 0.29) is 35.3 Å². The molecule has 5 nitrogen and oxygen atoms in total. The van der Waals surface area contributed by atoms with Crippen molar-refractivity contribution in [3.8, 4) is 0 Å². The van der Waals surface area contributed by atoms with Gasteiger partial charge in [0.15, 0.2) is 0 Å². The summed E-state index contributed by atoms with van der Waals surface area (Å²) < 4.78 is 0. The predicted octanol–water partition coefficient (Wildman–Crippen LogP) is 3.99. The molecule has 3 amide bonds. The monoisotopic (exact) mass is 396 g/mol. The van der Waals surface area contributed by atoms with Crippen LogP contribution in [-0.2, 0) is 19.8 Å². The number of thioether (sulfide) groups is 1. The molecule has 0 radical (unpaired) electrons. The molecule has 2 aromatic carbocycles. The van der Waals surface area contributed by atoms with Crippen LogP contribution in [0.5, 0.6) is 0 Å². The van der Waals surface area contributed by atoms with E-state index in [4.69, 9.17) is 0 Å². The Morgan fingerprint density at radius 2 is 1.71 bits per heavy atom. The third-order valence-electron chi connectivity index (χ3n) is 4.57. The van der Waals surface area contributed by atoms with Crippen LogP contribution in [0.25, 0.3) is 0 Å². The number of anilines is 2. The number of nitrogens with one attached hydrogen (secondary N) is 1. The Morgan fingerprint density at radius 1 is 1.07 bits per heavy atom. The molecule has 0 unspecified atom stereocenters. The summed E-state index contributed by atoms with van der Waals surface area (Å²) in [6, 6.07) is 16.6. The Kier molecular flexibility index (Phi) is 5.89.